The fraction of sp³-hybridized carbons (Fsp3) is 0.0769. The van der Waals surface area contributed by atoms with Crippen molar-refractivity contribution < 1.29 is 0 Å². The Kier molecular flexibility index (Phi) is 8.00. The van der Waals surface area contributed by atoms with Gasteiger partial charge in [-0.05, 0) is 81.8 Å². The number of hydrogen-bond acceptors (Lipinski definition) is 2. The van der Waals surface area contributed by atoms with Crippen LogP contribution in [0.2, 0.25) is 0 Å². The van der Waals surface area contributed by atoms with Crippen molar-refractivity contribution in [2.24, 2.45) is 0 Å². The summed E-state index contributed by atoms with van der Waals surface area (Å²) in [4.78, 5) is 14.3. The molecule has 3 aromatic heterocycles. The number of rotatable bonds is 6. The second-order valence-corrected chi connectivity index (χ2v) is 15.6. The first-order valence-electron chi connectivity index (χ1n) is 19.2. The van der Waals surface area contributed by atoms with Crippen molar-refractivity contribution in [1.29, 1.82) is 0 Å². The van der Waals surface area contributed by atoms with E-state index in [9.17, 15) is 0 Å². The van der Waals surface area contributed by atoms with Crippen LogP contribution in [0.1, 0.15) is 26.3 Å². The zero-order valence-electron chi connectivity index (χ0n) is 31.7. The van der Waals surface area contributed by atoms with Gasteiger partial charge in [-0.25, -0.2) is 4.98 Å². The summed E-state index contributed by atoms with van der Waals surface area (Å²) in [6, 6.07) is 62.7. The lowest BCUT2D eigenvalue weighted by Gasteiger charge is -2.21. The quantitative estimate of drug-likeness (QED) is 0.186. The Morgan fingerprint density at radius 1 is 0.500 bits per heavy atom. The van der Waals surface area contributed by atoms with E-state index in [-0.39, 0.29) is 5.41 Å². The first-order chi connectivity index (χ1) is 27.4. The van der Waals surface area contributed by atoms with Crippen molar-refractivity contribution in [2.45, 2.75) is 26.2 Å². The summed E-state index contributed by atoms with van der Waals surface area (Å²) in [5.74, 6) is 0.895. The number of pyridine rings is 1. The van der Waals surface area contributed by atoms with Gasteiger partial charge < -0.3 is 4.98 Å². The van der Waals surface area contributed by atoms with Crippen LogP contribution < -0.4 is 0 Å². The van der Waals surface area contributed by atoms with Crippen LogP contribution in [0.5, 0.6) is 0 Å². The number of imidazole rings is 1. The Bertz CT molecular complexity index is 3050. The Morgan fingerprint density at radius 2 is 1.18 bits per heavy atom. The molecule has 0 aliphatic heterocycles. The second-order valence-electron chi connectivity index (χ2n) is 15.6. The third-order valence-electron chi connectivity index (χ3n) is 11.0. The van der Waals surface area contributed by atoms with Gasteiger partial charge in [-0.2, -0.15) is 0 Å². The van der Waals surface area contributed by atoms with Crippen molar-refractivity contribution in [3.05, 3.63) is 188 Å². The average molecular weight is 721 g/mol. The molecule has 0 saturated carbocycles. The summed E-state index contributed by atoms with van der Waals surface area (Å²) in [5.41, 5.74) is 16.3. The van der Waals surface area contributed by atoms with Crippen LogP contribution >= 0.6 is 0 Å². The van der Waals surface area contributed by atoms with Crippen LogP contribution in [0.3, 0.4) is 0 Å². The van der Waals surface area contributed by atoms with Crippen molar-refractivity contribution in [2.75, 3.05) is 0 Å². The van der Waals surface area contributed by atoms with Gasteiger partial charge in [-0.15, -0.1) is 0 Å². The highest BCUT2D eigenvalue weighted by atomic mass is 15.1. The fourth-order valence-corrected chi connectivity index (χ4v) is 8.09. The number of nitrogens with one attached hydrogen (secondary N) is 1. The summed E-state index contributed by atoms with van der Waals surface area (Å²) >= 11 is 0. The van der Waals surface area contributed by atoms with Gasteiger partial charge in [0.25, 0.3) is 0 Å². The molecule has 10 aromatic rings. The van der Waals surface area contributed by atoms with Crippen LogP contribution in [0.4, 0.5) is 0 Å². The van der Waals surface area contributed by atoms with Crippen molar-refractivity contribution in [3.63, 3.8) is 0 Å². The molecule has 3 heterocycles. The van der Waals surface area contributed by atoms with E-state index in [0.717, 1.165) is 78.2 Å². The van der Waals surface area contributed by atoms with Crippen molar-refractivity contribution in [1.82, 2.24) is 19.5 Å². The maximum Gasteiger partial charge on any atom is 0.147 e. The van der Waals surface area contributed by atoms with Gasteiger partial charge in [-0.3, -0.25) is 9.55 Å². The number of hydrogen-bond donors (Lipinski definition) is 1. The number of nitrogens with zero attached hydrogens (tertiary/aromatic N) is 3. The summed E-state index contributed by atoms with van der Waals surface area (Å²) in [6.45, 7) is 6.86. The van der Waals surface area contributed by atoms with E-state index in [4.69, 9.17) is 9.97 Å². The number of para-hydroxylation sites is 3. The molecule has 0 amide bonds. The van der Waals surface area contributed by atoms with Crippen molar-refractivity contribution >= 4 is 32.8 Å². The van der Waals surface area contributed by atoms with E-state index < -0.39 is 0 Å². The standard InChI is InChI=1S/C52H40N4/c1-52(2,3)39-32-43-42-23-10-12-25-45(42)54-49(43)44(33-39)51-55-50-41(24-15-27-48(50)56(51)47-26-13-11-22-40(47)35-18-8-5-9-19-35)37-20-14-21-38(30-37)46-31-36(28-29-53-46)34-16-6-4-7-17-34/h4-33,54H,1-3H3. The molecule has 0 atom stereocenters. The van der Waals surface area contributed by atoms with Crippen LogP contribution in [-0.4, -0.2) is 19.5 Å². The average Bonchev–Trinajstić information content (AvgIpc) is 3.83. The topological polar surface area (TPSA) is 46.5 Å². The lowest BCUT2D eigenvalue weighted by Crippen LogP contribution is -2.11. The molecule has 0 radical (unpaired) electrons. The number of fused-ring (bicyclic) bond motifs is 4. The summed E-state index contributed by atoms with van der Waals surface area (Å²) in [6.07, 6.45) is 1.90. The minimum absolute atomic E-state index is 0.0858. The van der Waals surface area contributed by atoms with E-state index >= 15 is 0 Å². The largest absolute Gasteiger partial charge is 0.354 e. The van der Waals surface area contributed by atoms with E-state index in [1.807, 2.05) is 12.3 Å². The van der Waals surface area contributed by atoms with E-state index in [1.54, 1.807) is 0 Å². The maximum absolute atomic E-state index is 5.70. The maximum atomic E-state index is 5.70. The molecule has 0 spiro atoms. The Hall–Kier alpha value is -7.04. The van der Waals surface area contributed by atoms with Gasteiger partial charge in [0.2, 0.25) is 0 Å². The molecule has 268 valence electrons. The first-order valence-corrected chi connectivity index (χ1v) is 19.2. The van der Waals surface area contributed by atoms with Gasteiger partial charge in [-0.1, -0.05) is 148 Å². The Balaban J connectivity index is 1.24. The van der Waals surface area contributed by atoms with Crippen LogP contribution in [0, 0.1) is 0 Å². The Labute approximate surface area is 326 Å². The lowest BCUT2D eigenvalue weighted by atomic mass is 9.85. The monoisotopic (exact) mass is 720 g/mol. The van der Waals surface area contributed by atoms with Gasteiger partial charge in [0.1, 0.15) is 5.82 Å². The summed E-state index contributed by atoms with van der Waals surface area (Å²) in [5, 5.41) is 2.42. The Morgan fingerprint density at radius 3 is 2.00 bits per heavy atom. The molecule has 4 heteroatoms. The summed E-state index contributed by atoms with van der Waals surface area (Å²) < 4.78 is 2.38. The molecule has 0 unspecified atom stereocenters. The number of aromatic amines is 1. The first kappa shape index (κ1) is 33.5. The minimum Gasteiger partial charge on any atom is -0.354 e. The molecule has 0 bridgehead atoms. The highest BCUT2D eigenvalue weighted by Gasteiger charge is 2.25. The second kappa shape index (κ2) is 13.4. The predicted molar refractivity (Wildman–Crippen MR) is 234 cm³/mol. The molecule has 0 fully saturated rings. The lowest BCUT2D eigenvalue weighted by molar-refractivity contribution is 0.591. The van der Waals surface area contributed by atoms with E-state index in [0.29, 0.717) is 0 Å². The third kappa shape index (κ3) is 5.78. The summed E-state index contributed by atoms with van der Waals surface area (Å²) in [7, 11) is 0. The number of aromatic nitrogens is 4. The molecular weight excluding hydrogens is 681 g/mol. The number of H-pyrrole nitrogens is 1. The highest BCUT2D eigenvalue weighted by molar-refractivity contribution is 6.12. The number of benzene rings is 7. The molecule has 7 aromatic carbocycles. The molecule has 0 aliphatic carbocycles. The zero-order valence-corrected chi connectivity index (χ0v) is 31.7. The van der Waals surface area contributed by atoms with Gasteiger partial charge in [0.15, 0.2) is 0 Å². The molecule has 0 saturated heterocycles. The normalized spacial score (nSPS) is 11.8. The zero-order chi connectivity index (χ0) is 37.8. The molecule has 56 heavy (non-hydrogen) atoms. The molecular formula is C52H40N4. The van der Waals surface area contributed by atoms with Crippen LogP contribution in [0.15, 0.2) is 182 Å². The molecule has 1 N–H and O–H groups in total. The molecule has 10 rings (SSSR count). The van der Waals surface area contributed by atoms with Crippen LogP contribution in [0.25, 0.3) is 94.6 Å². The molecule has 0 aliphatic rings. The van der Waals surface area contributed by atoms with Crippen LogP contribution in [-0.2, 0) is 5.41 Å². The highest BCUT2D eigenvalue weighted by Crippen LogP contribution is 2.42. The fourth-order valence-electron chi connectivity index (χ4n) is 8.09. The minimum atomic E-state index is -0.0858. The predicted octanol–water partition coefficient (Wildman–Crippen LogP) is 13.7. The third-order valence-corrected chi connectivity index (χ3v) is 11.0. The van der Waals surface area contributed by atoms with Gasteiger partial charge >= 0.3 is 0 Å². The van der Waals surface area contributed by atoms with E-state index in [2.05, 4.69) is 200 Å². The van der Waals surface area contributed by atoms with Crippen molar-refractivity contribution in [3.8, 4) is 61.7 Å². The SMILES string of the molecule is CC(C)(C)c1cc(-c2nc3c(-c4cccc(-c5cc(-c6ccccc6)ccn5)c4)cccc3n2-c2ccccc2-c2ccccc2)c2[nH]c3ccccc3c2c1. The van der Waals surface area contributed by atoms with E-state index in [1.165, 1.54) is 21.9 Å². The van der Waals surface area contributed by atoms with Gasteiger partial charge in [0.05, 0.1) is 27.9 Å². The van der Waals surface area contributed by atoms with Gasteiger partial charge in [0, 0.05) is 44.7 Å². The molecule has 4 nitrogen and oxygen atoms in total. The smallest absolute Gasteiger partial charge is 0.147 e.